The van der Waals surface area contributed by atoms with Crippen LogP contribution in [0.1, 0.15) is 0 Å². The van der Waals surface area contributed by atoms with Crippen molar-refractivity contribution in [3.05, 3.63) is 0 Å². The summed E-state index contributed by atoms with van der Waals surface area (Å²) in [5.41, 5.74) is 0. The van der Waals surface area contributed by atoms with E-state index in [1.54, 1.807) is 0 Å². The number of hydrogen-bond acceptors (Lipinski definition) is 10. The fraction of sp³-hybridized carbons (Fsp3) is 0. The third-order valence-electron chi connectivity index (χ3n) is 0.400. The molecule has 88 valence electrons. The van der Waals surface area contributed by atoms with Gasteiger partial charge in [-0.2, -0.15) is 0 Å². The molecule has 17 heavy (non-hydrogen) atoms. The van der Waals surface area contributed by atoms with Crippen molar-refractivity contribution in [2.24, 2.45) is 0 Å². The molecule has 0 N–H and O–H groups in total. The maximum atomic E-state index is 10.1. The fourth-order valence-corrected chi connectivity index (χ4v) is 2.61. The van der Waals surface area contributed by atoms with Gasteiger partial charge in [-0.25, -0.2) is 0 Å². The SMILES string of the molecule is O=P([O-])([O-])OP(=O)([O-])OP(=O)([O-])[O-].[Ba+2].[Ba+2].[Ba+2].[Cl-]. The Morgan fingerprint density at radius 3 is 0.941 bits per heavy atom. The summed E-state index contributed by atoms with van der Waals surface area (Å²) in [5.74, 6) is 0. The monoisotopic (exact) mass is 702 g/mol. The predicted molar refractivity (Wildman–Crippen MR) is 42.3 cm³/mol. The maximum absolute atomic E-state index is 10.1. The van der Waals surface area contributed by atoms with E-state index in [0.29, 0.717) is 0 Å². The third kappa shape index (κ3) is 26.6. The molecule has 0 aromatic rings. The van der Waals surface area contributed by atoms with Gasteiger partial charge in [-0.15, -0.1) is 0 Å². The van der Waals surface area contributed by atoms with Crippen LogP contribution in [0, 0.1) is 0 Å². The second-order valence-corrected chi connectivity index (χ2v) is 5.49. The van der Waals surface area contributed by atoms with Crippen molar-refractivity contribution in [3.8, 4) is 0 Å². The molecule has 0 atom stereocenters. The van der Waals surface area contributed by atoms with E-state index in [-0.39, 0.29) is 159 Å². The van der Waals surface area contributed by atoms with Crippen molar-refractivity contribution in [2.45, 2.75) is 0 Å². The third-order valence-corrected chi connectivity index (χ3v) is 3.60. The van der Waals surface area contributed by atoms with Gasteiger partial charge in [-0.1, -0.05) is 0 Å². The summed E-state index contributed by atoms with van der Waals surface area (Å²) in [6, 6.07) is 0. The molecular formula is Ba3ClO10P3. The van der Waals surface area contributed by atoms with Gasteiger partial charge >= 0.3 is 147 Å². The minimum absolute atomic E-state index is 0. The topological polar surface area (TPSA) is 185 Å². The second kappa shape index (κ2) is 13.8. The zero-order chi connectivity index (χ0) is 10.9. The van der Waals surface area contributed by atoms with Crippen LogP contribution in [-0.2, 0) is 22.3 Å². The quantitative estimate of drug-likeness (QED) is 0.202. The molecule has 0 saturated heterocycles. The van der Waals surface area contributed by atoms with Gasteiger partial charge in [0.1, 0.15) is 0 Å². The Balaban J connectivity index is -0.000000120. The van der Waals surface area contributed by atoms with Gasteiger partial charge < -0.3 is 46.0 Å². The van der Waals surface area contributed by atoms with E-state index in [1.807, 2.05) is 0 Å². The van der Waals surface area contributed by atoms with Gasteiger partial charge in [0, 0.05) is 0 Å². The largest absolute Gasteiger partial charge is 2.00 e. The molecule has 0 spiro atoms. The van der Waals surface area contributed by atoms with Crippen molar-refractivity contribution in [2.75, 3.05) is 0 Å². The van der Waals surface area contributed by atoms with Crippen molar-refractivity contribution in [3.63, 3.8) is 0 Å². The summed E-state index contributed by atoms with van der Waals surface area (Å²) in [6.07, 6.45) is 0. The van der Waals surface area contributed by atoms with Crippen LogP contribution < -0.4 is 36.9 Å². The minimum Gasteiger partial charge on any atom is -1.00 e. The van der Waals surface area contributed by atoms with E-state index >= 15 is 0 Å². The average Bonchev–Trinajstić information content (AvgIpc) is 1.43. The molecule has 0 aliphatic rings. The smallest absolute Gasteiger partial charge is 1.00 e. The van der Waals surface area contributed by atoms with Crippen LogP contribution in [0.5, 0.6) is 0 Å². The van der Waals surface area contributed by atoms with Gasteiger partial charge in [0.15, 0.2) is 0 Å². The molecule has 0 unspecified atom stereocenters. The normalized spacial score (nSPS) is 11.1. The first-order valence-electron chi connectivity index (χ1n) is 2.19. The molecule has 0 saturated carbocycles. The minimum atomic E-state index is -5.97. The Morgan fingerprint density at radius 1 is 0.647 bits per heavy atom. The Morgan fingerprint density at radius 2 is 0.824 bits per heavy atom. The van der Waals surface area contributed by atoms with Crippen molar-refractivity contribution < 1.29 is 59.2 Å². The van der Waals surface area contributed by atoms with E-state index in [4.69, 9.17) is 0 Å². The van der Waals surface area contributed by atoms with Crippen LogP contribution in [0.15, 0.2) is 0 Å². The predicted octanol–water partition coefficient (Wildman–Crippen LogP) is -7.99. The average molecular weight is 700 g/mol. The Bertz CT molecular complexity index is 289. The second-order valence-electron chi connectivity index (χ2n) is 1.50. The summed E-state index contributed by atoms with van der Waals surface area (Å²) >= 11 is 0. The van der Waals surface area contributed by atoms with Crippen LogP contribution >= 0.6 is 23.5 Å². The molecule has 0 aliphatic carbocycles. The summed E-state index contributed by atoms with van der Waals surface area (Å²) in [7, 11) is -17.9. The van der Waals surface area contributed by atoms with Crippen LogP contribution in [0.25, 0.3) is 0 Å². The molecule has 0 fully saturated rings. The Labute approximate surface area is 223 Å². The molecule has 0 aromatic heterocycles. The van der Waals surface area contributed by atoms with Crippen LogP contribution in [0.4, 0.5) is 0 Å². The number of halogens is 1. The van der Waals surface area contributed by atoms with Crippen molar-refractivity contribution in [1.82, 2.24) is 0 Å². The van der Waals surface area contributed by atoms with Crippen LogP contribution in [-0.4, -0.2) is 147 Å². The molecule has 0 heterocycles. The van der Waals surface area contributed by atoms with Crippen molar-refractivity contribution in [1.29, 1.82) is 0 Å². The number of rotatable bonds is 4. The first-order chi connectivity index (χ1) is 5.41. The summed E-state index contributed by atoms with van der Waals surface area (Å²) in [5, 5.41) is 0. The number of hydrogen-bond donors (Lipinski definition) is 0. The summed E-state index contributed by atoms with van der Waals surface area (Å²) in [6.45, 7) is 0. The zero-order valence-electron chi connectivity index (χ0n) is 7.92. The summed E-state index contributed by atoms with van der Waals surface area (Å²) in [4.78, 5) is 48.6. The molecule has 17 heteroatoms. The molecular weight excluding hydrogens is 700 g/mol. The van der Waals surface area contributed by atoms with Gasteiger partial charge in [-0.3, -0.25) is 13.2 Å². The molecule has 10 nitrogen and oxygen atoms in total. The van der Waals surface area contributed by atoms with Crippen molar-refractivity contribution >= 4 is 170 Å². The van der Waals surface area contributed by atoms with Gasteiger partial charge in [-0.05, 0) is 0 Å². The van der Waals surface area contributed by atoms with E-state index in [1.165, 1.54) is 0 Å². The van der Waals surface area contributed by atoms with Gasteiger partial charge in [0.2, 0.25) is 0 Å². The van der Waals surface area contributed by atoms with Crippen LogP contribution in [0.3, 0.4) is 0 Å². The van der Waals surface area contributed by atoms with Gasteiger partial charge in [0.25, 0.3) is 7.82 Å². The molecule has 0 amide bonds. The summed E-state index contributed by atoms with van der Waals surface area (Å²) < 4.78 is 34.7. The standard InChI is InChI=1S/3Ba.ClH.H5O10P3/c;;;;1-11(2,3)9-13(7,8)10-12(4,5)6/h;;;1H;(H,7,8)(H2,1,2,3)(H2,4,5,6)/q3*+2;;/p-6. The van der Waals surface area contributed by atoms with E-state index in [0.717, 1.165) is 0 Å². The zero-order valence-corrected chi connectivity index (χ0v) is 24.7. The molecule has 0 aromatic carbocycles. The first-order valence-corrected chi connectivity index (χ1v) is 6.57. The Kier molecular flexibility index (Phi) is 27.5. The fourth-order valence-electron chi connectivity index (χ4n) is 0.260. The molecule has 0 aliphatic heterocycles. The Hall–Kier alpha value is 5.41. The molecule has 0 bridgehead atoms. The molecule has 0 radical (unpaired) electrons. The van der Waals surface area contributed by atoms with Gasteiger partial charge in [0.05, 0.1) is 15.6 Å². The molecule has 0 rings (SSSR count). The van der Waals surface area contributed by atoms with E-state index in [2.05, 4.69) is 8.62 Å². The van der Waals surface area contributed by atoms with Crippen LogP contribution in [0.2, 0.25) is 0 Å². The van der Waals surface area contributed by atoms with E-state index < -0.39 is 23.5 Å². The maximum Gasteiger partial charge on any atom is 2.00 e. The number of phosphoric acid groups is 3. The van der Waals surface area contributed by atoms with E-state index in [9.17, 15) is 38.2 Å². The first kappa shape index (κ1) is 33.9.